The SMILES string of the molecule is CC=CC(CCC)CCCC1CCC(CCC)CC1. The zero-order valence-corrected chi connectivity index (χ0v) is 13.7. The minimum atomic E-state index is 0.853. The highest BCUT2D eigenvalue weighted by Crippen LogP contribution is 2.34. The highest BCUT2D eigenvalue weighted by atomic mass is 14.3. The van der Waals surface area contributed by atoms with Crippen molar-refractivity contribution in [1.82, 2.24) is 0 Å². The van der Waals surface area contributed by atoms with Gasteiger partial charge in [0.15, 0.2) is 0 Å². The molecular formula is C19H36. The summed E-state index contributed by atoms with van der Waals surface area (Å²) in [4.78, 5) is 0. The molecule has 0 radical (unpaired) electrons. The van der Waals surface area contributed by atoms with Gasteiger partial charge < -0.3 is 0 Å². The van der Waals surface area contributed by atoms with Gasteiger partial charge in [0.2, 0.25) is 0 Å². The summed E-state index contributed by atoms with van der Waals surface area (Å²) in [6.45, 7) is 6.81. The van der Waals surface area contributed by atoms with Crippen LogP contribution >= 0.6 is 0 Å². The molecule has 1 saturated carbocycles. The van der Waals surface area contributed by atoms with Gasteiger partial charge in [0.05, 0.1) is 0 Å². The monoisotopic (exact) mass is 264 g/mol. The Morgan fingerprint density at radius 3 is 2.05 bits per heavy atom. The lowest BCUT2D eigenvalue weighted by Gasteiger charge is -2.28. The average molecular weight is 264 g/mol. The van der Waals surface area contributed by atoms with E-state index in [1.165, 1.54) is 70.6 Å². The topological polar surface area (TPSA) is 0 Å². The smallest absolute Gasteiger partial charge is 0.0234 e. The second-order valence-electron chi connectivity index (χ2n) is 6.68. The van der Waals surface area contributed by atoms with Crippen LogP contribution in [0.25, 0.3) is 0 Å². The highest BCUT2D eigenvalue weighted by molar-refractivity contribution is 4.85. The Morgan fingerprint density at radius 1 is 0.895 bits per heavy atom. The summed E-state index contributed by atoms with van der Waals surface area (Å²) < 4.78 is 0. The molecule has 0 amide bonds. The van der Waals surface area contributed by atoms with Crippen LogP contribution in [0, 0.1) is 17.8 Å². The minimum absolute atomic E-state index is 0.853. The van der Waals surface area contributed by atoms with Crippen LogP contribution in [-0.4, -0.2) is 0 Å². The van der Waals surface area contributed by atoms with Crippen LogP contribution in [0.3, 0.4) is 0 Å². The number of hydrogen-bond acceptors (Lipinski definition) is 0. The normalized spacial score (nSPS) is 25.8. The summed E-state index contributed by atoms with van der Waals surface area (Å²) in [7, 11) is 0. The maximum Gasteiger partial charge on any atom is -0.0234 e. The summed E-state index contributed by atoms with van der Waals surface area (Å²) in [5, 5.41) is 0. The predicted octanol–water partition coefficient (Wildman–Crippen LogP) is 6.76. The number of allylic oxidation sites excluding steroid dienone is 2. The Morgan fingerprint density at radius 2 is 1.53 bits per heavy atom. The molecule has 112 valence electrons. The predicted molar refractivity (Wildman–Crippen MR) is 87.4 cm³/mol. The van der Waals surface area contributed by atoms with Gasteiger partial charge in [-0.05, 0) is 37.5 Å². The van der Waals surface area contributed by atoms with Gasteiger partial charge in [-0.25, -0.2) is 0 Å². The van der Waals surface area contributed by atoms with Crippen molar-refractivity contribution in [3.05, 3.63) is 12.2 Å². The van der Waals surface area contributed by atoms with Crippen LogP contribution < -0.4 is 0 Å². The van der Waals surface area contributed by atoms with E-state index in [-0.39, 0.29) is 0 Å². The van der Waals surface area contributed by atoms with Crippen LogP contribution in [0.2, 0.25) is 0 Å². The first kappa shape index (κ1) is 16.8. The van der Waals surface area contributed by atoms with Crippen LogP contribution in [0.1, 0.15) is 91.4 Å². The van der Waals surface area contributed by atoms with Gasteiger partial charge in [-0.2, -0.15) is 0 Å². The average Bonchev–Trinajstić information content (AvgIpc) is 2.41. The lowest BCUT2D eigenvalue weighted by atomic mass is 9.78. The van der Waals surface area contributed by atoms with Gasteiger partial charge in [0.25, 0.3) is 0 Å². The van der Waals surface area contributed by atoms with E-state index >= 15 is 0 Å². The standard InChI is InChI=1S/C19H36/c1-4-8-17(9-5-2)11-7-12-19-15-13-18(10-6-3)14-16-19/h4,8,17-19H,5-7,9-16H2,1-3H3. The zero-order valence-electron chi connectivity index (χ0n) is 13.7. The lowest BCUT2D eigenvalue weighted by molar-refractivity contribution is 0.245. The molecule has 1 aliphatic carbocycles. The highest BCUT2D eigenvalue weighted by Gasteiger charge is 2.20. The fourth-order valence-electron chi connectivity index (χ4n) is 3.87. The Labute approximate surface area is 122 Å². The van der Waals surface area contributed by atoms with E-state index in [1.807, 2.05) is 0 Å². The van der Waals surface area contributed by atoms with E-state index in [0.717, 1.165) is 17.8 Å². The zero-order chi connectivity index (χ0) is 13.9. The van der Waals surface area contributed by atoms with E-state index in [2.05, 4.69) is 32.9 Å². The van der Waals surface area contributed by atoms with Crippen molar-refractivity contribution >= 4 is 0 Å². The first-order valence-electron chi connectivity index (χ1n) is 8.92. The summed E-state index contributed by atoms with van der Waals surface area (Å²) in [6, 6.07) is 0. The Bertz CT molecular complexity index is 220. The third-order valence-corrected chi connectivity index (χ3v) is 4.97. The summed E-state index contributed by atoms with van der Waals surface area (Å²) in [6.07, 6.45) is 20.7. The van der Waals surface area contributed by atoms with Crippen molar-refractivity contribution in [2.45, 2.75) is 91.4 Å². The molecule has 0 heteroatoms. The third kappa shape index (κ3) is 7.18. The molecule has 0 saturated heterocycles. The first-order valence-corrected chi connectivity index (χ1v) is 8.92. The molecule has 1 rings (SSSR count). The Balaban J connectivity index is 2.12. The van der Waals surface area contributed by atoms with Crippen molar-refractivity contribution in [3.63, 3.8) is 0 Å². The van der Waals surface area contributed by atoms with E-state index < -0.39 is 0 Å². The van der Waals surface area contributed by atoms with Crippen molar-refractivity contribution in [3.8, 4) is 0 Å². The largest absolute Gasteiger partial charge is 0.0914 e. The van der Waals surface area contributed by atoms with Crippen LogP contribution in [0.15, 0.2) is 12.2 Å². The summed E-state index contributed by atoms with van der Waals surface area (Å²) >= 11 is 0. The molecule has 0 aromatic carbocycles. The molecular weight excluding hydrogens is 228 g/mol. The fraction of sp³-hybridized carbons (Fsp3) is 0.895. The minimum Gasteiger partial charge on any atom is -0.0914 e. The Hall–Kier alpha value is -0.260. The maximum absolute atomic E-state index is 2.43. The number of rotatable bonds is 9. The lowest BCUT2D eigenvalue weighted by Crippen LogP contribution is -2.14. The molecule has 0 bridgehead atoms. The molecule has 0 aromatic rings. The third-order valence-electron chi connectivity index (χ3n) is 4.97. The van der Waals surface area contributed by atoms with Crippen molar-refractivity contribution in [2.24, 2.45) is 17.8 Å². The van der Waals surface area contributed by atoms with Gasteiger partial charge in [0, 0.05) is 0 Å². The molecule has 0 heterocycles. The quantitative estimate of drug-likeness (QED) is 0.404. The molecule has 0 spiro atoms. The molecule has 0 N–H and O–H groups in total. The molecule has 1 unspecified atom stereocenters. The first-order chi connectivity index (χ1) is 9.30. The summed E-state index contributed by atoms with van der Waals surface area (Å²) in [5.41, 5.74) is 0. The molecule has 0 aromatic heterocycles. The van der Waals surface area contributed by atoms with Gasteiger partial charge in [0.1, 0.15) is 0 Å². The van der Waals surface area contributed by atoms with Crippen LogP contribution in [-0.2, 0) is 0 Å². The van der Waals surface area contributed by atoms with Gasteiger partial charge >= 0.3 is 0 Å². The second kappa shape index (κ2) is 10.5. The van der Waals surface area contributed by atoms with Gasteiger partial charge in [-0.3, -0.25) is 0 Å². The van der Waals surface area contributed by atoms with Gasteiger partial charge in [-0.15, -0.1) is 0 Å². The van der Waals surface area contributed by atoms with E-state index in [0.29, 0.717) is 0 Å². The molecule has 1 aliphatic rings. The van der Waals surface area contributed by atoms with E-state index in [9.17, 15) is 0 Å². The van der Waals surface area contributed by atoms with Crippen LogP contribution in [0.4, 0.5) is 0 Å². The fourth-order valence-corrected chi connectivity index (χ4v) is 3.87. The van der Waals surface area contributed by atoms with Crippen LogP contribution in [0.5, 0.6) is 0 Å². The molecule has 0 nitrogen and oxygen atoms in total. The molecule has 0 aliphatic heterocycles. The molecule has 19 heavy (non-hydrogen) atoms. The van der Waals surface area contributed by atoms with Gasteiger partial charge in [-0.1, -0.05) is 83.8 Å². The second-order valence-corrected chi connectivity index (χ2v) is 6.68. The number of hydrogen-bond donors (Lipinski definition) is 0. The molecule has 1 fully saturated rings. The summed E-state index contributed by atoms with van der Waals surface area (Å²) in [5.74, 6) is 2.98. The maximum atomic E-state index is 2.43. The van der Waals surface area contributed by atoms with Crippen molar-refractivity contribution in [1.29, 1.82) is 0 Å². The van der Waals surface area contributed by atoms with Crippen molar-refractivity contribution in [2.75, 3.05) is 0 Å². The molecule has 1 atom stereocenters. The van der Waals surface area contributed by atoms with Crippen molar-refractivity contribution < 1.29 is 0 Å². The Kier molecular flexibility index (Phi) is 9.30. The van der Waals surface area contributed by atoms with E-state index in [1.54, 1.807) is 0 Å². The van der Waals surface area contributed by atoms with E-state index in [4.69, 9.17) is 0 Å².